The second kappa shape index (κ2) is 10.1. The Morgan fingerprint density at radius 1 is 1.15 bits per heavy atom. The zero-order valence-corrected chi connectivity index (χ0v) is 20.3. The lowest BCUT2D eigenvalue weighted by atomic mass is 10.1. The smallest absolute Gasteiger partial charge is 0.257 e. The number of carbonyl (C=O) groups is 1. The van der Waals surface area contributed by atoms with Crippen LogP contribution in [0.1, 0.15) is 34.1 Å². The summed E-state index contributed by atoms with van der Waals surface area (Å²) < 4.78 is 32.5. The van der Waals surface area contributed by atoms with E-state index in [1.807, 2.05) is 6.92 Å². The van der Waals surface area contributed by atoms with Gasteiger partial charge in [0.1, 0.15) is 0 Å². The normalized spacial score (nSPS) is 14.8. The first-order valence-corrected chi connectivity index (χ1v) is 13.2. The summed E-state index contributed by atoms with van der Waals surface area (Å²) in [5.74, 6) is -0.396. The van der Waals surface area contributed by atoms with Crippen LogP contribution in [0.25, 0.3) is 11.3 Å². The van der Waals surface area contributed by atoms with Crippen LogP contribution in [0.2, 0.25) is 0 Å². The van der Waals surface area contributed by atoms with Crippen LogP contribution in [-0.2, 0) is 21.2 Å². The Morgan fingerprint density at radius 3 is 2.58 bits per heavy atom. The van der Waals surface area contributed by atoms with Crippen LogP contribution in [0.15, 0.2) is 53.4 Å². The fraction of sp³-hybridized carbons (Fsp3) is 0.333. The molecule has 174 valence electrons. The van der Waals surface area contributed by atoms with Gasteiger partial charge in [0, 0.05) is 29.1 Å². The van der Waals surface area contributed by atoms with Crippen LogP contribution in [-0.4, -0.2) is 49.9 Å². The second-order valence-corrected chi connectivity index (χ2v) is 11.0. The van der Waals surface area contributed by atoms with Gasteiger partial charge in [-0.15, -0.1) is 11.3 Å². The molecule has 0 unspecified atom stereocenters. The first-order chi connectivity index (χ1) is 15.9. The first-order valence-electron chi connectivity index (χ1n) is 10.9. The quantitative estimate of drug-likeness (QED) is 0.538. The van der Waals surface area contributed by atoms with Gasteiger partial charge >= 0.3 is 0 Å². The van der Waals surface area contributed by atoms with E-state index in [9.17, 15) is 13.2 Å². The number of benzene rings is 2. The first kappa shape index (κ1) is 23.6. The molecule has 0 radical (unpaired) electrons. The highest BCUT2D eigenvalue weighted by molar-refractivity contribution is 7.89. The highest BCUT2D eigenvalue weighted by Gasteiger charge is 2.27. The summed E-state index contributed by atoms with van der Waals surface area (Å²) in [7, 11) is -3.68. The Labute approximate surface area is 198 Å². The molecule has 1 amide bonds. The van der Waals surface area contributed by atoms with E-state index < -0.39 is 15.9 Å². The van der Waals surface area contributed by atoms with Crippen molar-refractivity contribution in [2.75, 3.05) is 31.6 Å². The molecule has 3 aromatic rings. The number of amides is 1. The van der Waals surface area contributed by atoms with Crippen molar-refractivity contribution < 1.29 is 17.9 Å². The molecule has 2 aromatic carbocycles. The lowest BCUT2D eigenvalue weighted by Gasteiger charge is -2.26. The van der Waals surface area contributed by atoms with Crippen LogP contribution in [0.5, 0.6) is 0 Å². The number of aromatic nitrogens is 1. The fourth-order valence-electron chi connectivity index (χ4n) is 3.74. The molecule has 1 saturated heterocycles. The van der Waals surface area contributed by atoms with E-state index in [-0.39, 0.29) is 10.5 Å². The minimum atomic E-state index is -3.68. The zero-order chi connectivity index (χ0) is 23.4. The van der Waals surface area contributed by atoms with E-state index in [0.29, 0.717) is 31.4 Å². The van der Waals surface area contributed by atoms with Crippen molar-refractivity contribution in [3.63, 3.8) is 0 Å². The van der Waals surface area contributed by atoms with E-state index in [2.05, 4.69) is 41.5 Å². The molecule has 0 saturated carbocycles. The molecule has 33 heavy (non-hydrogen) atoms. The third-order valence-electron chi connectivity index (χ3n) is 5.49. The summed E-state index contributed by atoms with van der Waals surface area (Å²) in [5, 5.41) is 3.30. The number of hydrogen-bond donors (Lipinski definition) is 1. The molecular formula is C24H27N3O4S2. The lowest BCUT2D eigenvalue weighted by molar-refractivity contribution is 0.0730. The molecule has 1 N–H and O–H groups in total. The van der Waals surface area contributed by atoms with Gasteiger partial charge in [-0.3, -0.25) is 10.1 Å². The van der Waals surface area contributed by atoms with Crippen molar-refractivity contribution in [1.29, 1.82) is 0 Å². The minimum Gasteiger partial charge on any atom is -0.379 e. The molecule has 1 aliphatic rings. The van der Waals surface area contributed by atoms with E-state index in [0.717, 1.165) is 29.0 Å². The number of nitrogens with one attached hydrogen (secondary N) is 1. The number of rotatable bonds is 7. The number of nitrogens with zero attached hydrogens (tertiary/aromatic N) is 2. The third-order valence-corrected chi connectivity index (χ3v) is 8.27. The minimum absolute atomic E-state index is 0.0974. The van der Waals surface area contributed by atoms with Crippen molar-refractivity contribution in [3.8, 4) is 11.3 Å². The SMILES string of the molecule is CCCc1ccc(-c2nc(NC(=O)c3cccc(S(=O)(=O)N4CCOCC4)c3)sc2C)cc1. The summed E-state index contributed by atoms with van der Waals surface area (Å²) in [5.41, 5.74) is 3.39. The van der Waals surface area contributed by atoms with Gasteiger partial charge in [0.2, 0.25) is 10.0 Å². The van der Waals surface area contributed by atoms with Crippen molar-refractivity contribution in [2.45, 2.75) is 31.6 Å². The van der Waals surface area contributed by atoms with Crippen molar-refractivity contribution in [1.82, 2.24) is 9.29 Å². The van der Waals surface area contributed by atoms with E-state index in [1.165, 1.54) is 33.3 Å². The number of carbonyl (C=O) groups excluding carboxylic acids is 1. The number of morpholine rings is 1. The van der Waals surface area contributed by atoms with Gasteiger partial charge < -0.3 is 4.74 Å². The Kier molecular flexibility index (Phi) is 7.23. The Hall–Kier alpha value is -2.59. The third kappa shape index (κ3) is 5.33. The summed E-state index contributed by atoms with van der Waals surface area (Å²) in [6, 6.07) is 14.4. The molecule has 0 atom stereocenters. The molecule has 1 aliphatic heterocycles. The summed E-state index contributed by atoms with van der Waals surface area (Å²) >= 11 is 1.40. The fourth-order valence-corrected chi connectivity index (χ4v) is 6.02. The lowest BCUT2D eigenvalue weighted by Crippen LogP contribution is -2.40. The molecule has 4 rings (SSSR count). The van der Waals surface area contributed by atoms with Gasteiger partial charge in [-0.2, -0.15) is 4.31 Å². The van der Waals surface area contributed by atoms with E-state index in [4.69, 9.17) is 4.74 Å². The number of anilines is 1. The van der Waals surface area contributed by atoms with Crippen molar-refractivity contribution in [3.05, 3.63) is 64.5 Å². The molecule has 1 fully saturated rings. The van der Waals surface area contributed by atoms with Crippen LogP contribution < -0.4 is 5.32 Å². The topological polar surface area (TPSA) is 88.6 Å². The number of aryl methyl sites for hydroxylation is 2. The summed E-state index contributed by atoms with van der Waals surface area (Å²) in [6.07, 6.45) is 2.14. The molecule has 0 aliphatic carbocycles. The molecule has 2 heterocycles. The molecule has 9 heteroatoms. The van der Waals surface area contributed by atoms with Crippen molar-refractivity contribution in [2.24, 2.45) is 0 Å². The molecule has 0 bridgehead atoms. The maximum absolute atomic E-state index is 12.9. The monoisotopic (exact) mass is 485 g/mol. The van der Waals surface area contributed by atoms with Crippen LogP contribution in [0.3, 0.4) is 0 Å². The van der Waals surface area contributed by atoms with E-state index >= 15 is 0 Å². The molecule has 0 spiro atoms. The summed E-state index contributed by atoms with van der Waals surface area (Å²) in [6.45, 7) is 5.47. The van der Waals surface area contributed by atoms with Gasteiger partial charge in [0.05, 0.1) is 23.8 Å². The van der Waals surface area contributed by atoms with Crippen LogP contribution in [0.4, 0.5) is 5.13 Å². The van der Waals surface area contributed by atoms with Crippen molar-refractivity contribution >= 4 is 32.4 Å². The average Bonchev–Trinajstić information content (AvgIpc) is 3.20. The van der Waals surface area contributed by atoms with Crippen LogP contribution >= 0.6 is 11.3 Å². The van der Waals surface area contributed by atoms with Gasteiger partial charge in [0.25, 0.3) is 5.91 Å². The molecular weight excluding hydrogens is 458 g/mol. The highest BCUT2D eigenvalue weighted by Crippen LogP contribution is 2.31. The average molecular weight is 486 g/mol. The molecule has 7 nitrogen and oxygen atoms in total. The predicted octanol–water partition coefficient (Wildman–Crippen LogP) is 4.34. The van der Waals surface area contributed by atoms with E-state index in [1.54, 1.807) is 12.1 Å². The summed E-state index contributed by atoms with van der Waals surface area (Å²) in [4.78, 5) is 18.6. The number of hydrogen-bond acceptors (Lipinski definition) is 6. The number of ether oxygens (including phenoxy) is 1. The van der Waals surface area contributed by atoms with Gasteiger partial charge in [-0.05, 0) is 37.1 Å². The van der Waals surface area contributed by atoms with Crippen LogP contribution in [0, 0.1) is 6.92 Å². The maximum Gasteiger partial charge on any atom is 0.257 e. The van der Waals surface area contributed by atoms with Gasteiger partial charge in [-0.1, -0.05) is 43.7 Å². The zero-order valence-electron chi connectivity index (χ0n) is 18.7. The molecule has 1 aromatic heterocycles. The standard InChI is InChI=1S/C24H27N3O4S2/c1-3-5-18-8-10-19(11-9-18)22-17(2)32-24(25-22)26-23(28)20-6-4-7-21(16-20)33(29,30)27-12-14-31-15-13-27/h4,6-11,16H,3,5,12-15H2,1-2H3,(H,25,26,28). The van der Waals surface area contributed by atoms with Gasteiger partial charge in [-0.25, -0.2) is 13.4 Å². The largest absolute Gasteiger partial charge is 0.379 e. The Morgan fingerprint density at radius 2 is 1.88 bits per heavy atom. The Bertz CT molecular complexity index is 1230. The second-order valence-electron chi connectivity index (χ2n) is 7.87. The maximum atomic E-state index is 12.9. The van der Waals surface area contributed by atoms with Gasteiger partial charge in [0.15, 0.2) is 5.13 Å². The predicted molar refractivity (Wildman–Crippen MR) is 130 cm³/mol. The number of sulfonamides is 1. The highest BCUT2D eigenvalue weighted by atomic mass is 32.2. The number of thiazole rings is 1. The Balaban J connectivity index is 1.51.